The zero-order valence-electron chi connectivity index (χ0n) is 11.7. The summed E-state index contributed by atoms with van der Waals surface area (Å²) < 4.78 is 15.7. The molecule has 0 spiro atoms. The molecule has 0 aromatic heterocycles. The van der Waals surface area contributed by atoms with Crippen LogP contribution in [-0.2, 0) is 19.0 Å². The lowest BCUT2D eigenvalue weighted by molar-refractivity contribution is -0.149. The zero-order valence-corrected chi connectivity index (χ0v) is 11.7. The normalized spacial score (nSPS) is 23.3. The van der Waals surface area contributed by atoms with Crippen LogP contribution in [0.25, 0.3) is 0 Å². The summed E-state index contributed by atoms with van der Waals surface area (Å²) in [6.07, 6.45) is 1.06. The Bertz CT molecular complexity index is 251. The summed E-state index contributed by atoms with van der Waals surface area (Å²) in [4.78, 5) is 11.1. The predicted molar refractivity (Wildman–Crippen MR) is 71.8 cm³/mol. The third-order valence-electron chi connectivity index (χ3n) is 3.03. The molecule has 1 fully saturated rings. The maximum absolute atomic E-state index is 11.1. The lowest BCUT2D eigenvalue weighted by Gasteiger charge is -2.29. The van der Waals surface area contributed by atoms with Crippen LogP contribution >= 0.6 is 0 Å². The molecule has 0 aromatic carbocycles. The Labute approximate surface area is 115 Å². The van der Waals surface area contributed by atoms with Crippen LogP contribution in [0.1, 0.15) is 13.3 Å². The van der Waals surface area contributed by atoms with Crippen molar-refractivity contribution in [3.63, 3.8) is 0 Å². The zero-order chi connectivity index (χ0) is 13.9. The van der Waals surface area contributed by atoms with Gasteiger partial charge in [-0.2, -0.15) is 0 Å². The summed E-state index contributed by atoms with van der Waals surface area (Å²) in [5.41, 5.74) is 5.39. The van der Waals surface area contributed by atoms with Gasteiger partial charge in [-0.15, -0.1) is 0 Å². The Balaban J connectivity index is 2.11. The second-order valence-corrected chi connectivity index (χ2v) is 4.81. The third-order valence-corrected chi connectivity index (χ3v) is 3.03. The van der Waals surface area contributed by atoms with Gasteiger partial charge >= 0.3 is 5.97 Å². The van der Waals surface area contributed by atoms with Crippen molar-refractivity contribution < 1.29 is 19.0 Å². The lowest BCUT2D eigenvalue weighted by atomic mass is 9.91. The molecule has 0 aliphatic carbocycles. The Kier molecular flexibility index (Phi) is 8.73. The number of hydrogen-bond donors (Lipinski definition) is 2. The first kappa shape index (κ1) is 16.4. The van der Waals surface area contributed by atoms with Gasteiger partial charge in [0, 0.05) is 19.6 Å². The second-order valence-electron chi connectivity index (χ2n) is 4.81. The van der Waals surface area contributed by atoms with Crippen LogP contribution in [0.15, 0.2) is 0 Å². The SMILES string of the molecule is CCOC(=O)COCC1CNCC(COCCN)C1. The molecular weight excluding hydrogens is 248 g/mol. The lowest BCUT2D eigenvalue weighted by Crippen LogP contribution is -2.40. The maximum Gasteiger partial charge on any atom is 0.332 e. The topological polar surface area (TPSA) is 82.8 Å². The third kappa shape index (κ3) is 7.47. The molecular formula is C13H26N2O4. The average molecular weight is 274 g/mol. The van der Waals surface area contributed by atoms with Gasteiger partial charge in [0.15, 0.2) is 0 Å². The van der Waals surface area contributed by atoms with E-state index < -0.39 is 0 Å². The molecule has 1 saturated heterocycles. The summed E-state index contributed by atoms with van der Waals surface area (Å²) in [5.74, 6) is 0.625. The first-order valence-electron chi connectivity index (χ1n) is 6.98. The highest BCUT2D eigenvalue weighted by Crippen LogP contribution is 2.17. The van der Waals surface area contributed by atoms with Gasteiger partial charge in [-0.25, -0.2) is 4.79 Å². The van der Waals surface area contributed by atoms with Crippen molar-refractivity contribution in [2.75, 3.05) is 52.7 Å². The molecule has 0 aromatic rings. The average Bonchev–Trinajstić information content (AvgIpc) is 2.40. The standard InChI is InChI=1S/C13H26N2O4/c1-2-19-13(16)10-18-9-12-5-11(6-15-7-12)8-17-4-3-14/h11-12,15H,2-10,14H2,1H3. The smallest absolute Gasteiger partial charge is 0.332 e. The van der Waals surface area contributed by atoms with E-state index in [0.717, 1.165) is 26.1 Å². The number of esters is 1. The van der Waals surface area contributed by atoms with Crippen molar-refractivity contribution in [1.29, 1.82) is 0 Å². The van der Waals surface area contributed by atoms with Gasteiger partial charge in [-0.1, -0.05) is 0 Å². The van der Waals surface area contributed by atoms with Gasteiger partial charge in [0.25, 0.3) is 0 Å². The molecule has 112 valence electrons. The van der Waals surface area contributed by atoms with E-state index in [4.69, 9.17) is 19.9 Å². The van der Waals surface area contributed by atoms with Crippen LogP contribution in [0.3, 0.4) is 0 Å². The van der Waals surface area contributed by atoms with E-state index in [1.807, 2.05) is 0 Å². The number of hydrogen-bond acceptors (Lipinski definition) is 6. The van der Waals surface area contributed by atoms with Gasteiger partial charge < -0.3 is 25.3 Å². The van der Waals surface area contributed by atoms with E-state index >= 15 is 0 Å². The van der Waals surface area contributed by atoms with Gasteiger partial charge in [-0.05, 0) is 25.2 Å². The summed E-state index contributed by atoms with van der Waals surface area (Å²) in [7, 11) is 0. The molecule has 6 heteroatoms. The molecule has 0 amide bonds. The Morgan fingerprint density at radius 2 is 1.95 bits per heavy atom. The first-order chi connectivity index (χ1) is 9.26. The number of carbonyl (C=O) groups is 1. The molecule has 0 radical (unpaired) electrons. The van der Waals surface area contributed by atoms with E-state index in [-0.39, 0.29) is 12.6 Å². The van der Waals surface area contributed by atoms with Crippen LogP contribution in [-0.4, -0.2) is 58.6 Å². The largest absolute Gasteiger partial charge is 0.464 e. The number of nitrogens with one attached hydrogen (secondary N) is 1. The number of carbonyl (C=O) groups excluding carboxylic acids is 1. The van der Waals surface area contributed by atoms with E-state index in [0.29, 0.717) is 38.2 Å². The first-order valence-corrected chi connectivity index (χ1v) is 6.98. The molecule has 1 heterocycles. The van der Waals surface area contributed by atoms with Crippen molar-refractivity contribution in [2.24, 2.45) is 17.6 Å². The maximum atomic E-state index is 11.1. The van der Waals surface area contributed by atoms with Crippen molar-refractivity contribution in [3.05, 3.63) is 0 Å². The molecule has 1 rings (SSSR count). The van der Waals surface area contributed by atoms with Crippen molar-refractivity contribution in [2.45, 2.75) is 13.3 Å². The molecule has 3 N–H and O–H groups in total. The van der Waals surface area contributed by atoms with Gasteiger partial charge in [0.2, 0.25) is 0 Å². The fourth-order valence-corrected chi connectivity index (χ4v) is 2.23. The summed E-state index contributed by atoms with van der Waals surface area (Å²) >= 11 is 0. The predicted octanol–water partition coefficient (Wildman–Crippen LogP) is -0.233. The highest BCUT2D eigenvalue weighted by atomic mass is 16.6. The fraction of sp³-hybridized carbons (Fsp3) is 0.923. The van der Waals surface area contributed by atoms with Crippen LogP contribution in [0.4, 0.5) is 0 Å². The number of nitrogens with two attached hydrogens (primary N) is 1. The van der Waals surface area contributed by atoms with Crippen LogP contribution in [0, 0.1) is 11.8 Å². The van der Waals surface area contributed by atoms with E-state index in [2.05, 4.69) is 5.32 Å². The minimum absolute atomic E-state index is 0.0404. The summed E-state index contributed by atoms with van der Waals surface area (Å²) in [6.45, 7) is 6.61. The molecule has 0 saturated carbocycles. The van der Waals surface area contributed by atoms with Crippen LogP contribution in [0.5, 0.6) is 0 Å². The molecule has 1 aliphatic rings. The summed E-state index contributed by atoms with van der Waals surface area (Å²) in [6, 6.07) is 0. The highest BCUT2D eigenvalue weighted by molar-refractivity contribution is 5.70. The Morgan fingerprint density at radius 3 is 2.58 bits per heavy atom. The minimum atomic E-state index is -0.297. The molecule has 0 bridgehead atoms. The Hall–Kier alpha value is -0.690. The molecule has 2 atom stereocenters. The van der Waals surface area contributed by atoms with Gasteiger partial charge in [-0.3, -0.25) is 0 Å². The molecule has 1 aliphatic heterocycles. The van der Waals surface area contributed by atoms with Crippen molar-refractivity contribution >= 4 is 5.97 Å². The number of piperidine rings is 1. The van der Waals surface area contributed by atoms with Crippen molar-refractivity contribution in [3.8, 4) is 0 Å². The number of rotatable bonds is 9. The Morgan fingerprint density at radius 1 is 1.26 bits per heavy atom. The van der Waals surface area contributed by atoms with E-state index in [1.165, 1.54) is 0 Å². The number of ether oxygens (including phenoxy) is 3. The van der Waals surface area contributed by atoms with E-state index in [9.17, 15) is 4.79 Å². The van der Waals surface area contributed by atoms with Gasteiger partial charge in [0.1, 0.15) is 6.61 Å². The molecule has 6 nitrogen and oxygen atoms in total. The molecule has 19 heavy (non-hydrogen) atoms. The highest BCUT2D eigenvalue weighted by Gasteiger charge is 2.22. The summed E-state index contributed by atoms with van der Waals surface area (Å²) in [5, 5.41) is 3.37. The van der Waals surface area contributed by atoms with E-state index in [1.54, 1.807) is 6.92 Å². The second kappa shape index (κ2) is 10.1. The fourth-order valence-electron chi connectivity index (χ4n) is 2.23. The van der Waals surface area contributed by atoms with Crippen molar-refractivity contribution in [1.82, 2.24) is 5.32 Å². The molecule has 2 unspecified atom stereocenters. The minimum Gasteiger partial charge on any atom is -0.464 e. The van der Waals surface area contributed by atoms with Crippen LogP contribution < -0.4 is 11.1 Å². The van der Waals surface area contributed by atoms with Crippen LogP contribution in [0.2, 0.25) is 0 Å². The monoisotopic (exact) mass is 274 g/mol. The quantitative estimate of drug-likeness (QED) is 0.446. The van der Waals surface area contributed by atoms with Gasteiger partial charge in [0.05, 0.1) is 26.4 Å².